The Labute approximate surface area is 131 Å². The quantitative estimate of drug-likeness (QED) is 0.790. The summed E-state index contributed by atoms with van der Waals surface area (Å²) in [5, 5.41) is 18.4. The van der Waals surface area contributed by atoms with Crippen molar-refractivity contribution in [3.63, 3.8) is 0 Å². The van der Waals surface area contributed by atoms with Crippen LogP contribution in [0.25, 0.3) is 10.8 Å². The highest BCUT2D eigenvalue weighted by molar-refractivity contribution is 5.94. The van der Waals surface area contributed by atoms with E-state index in [1.807, 2.05) is 0 Å². The minimum absolute atomic E-state index is 0.00866. The average molecular weight is 319 g/mol. The third-order valence-corrected chi connectivity index (χ3v) is 2.91. The van der Waals surface area contributed by atoms with Crippen LogP contribution >= 0.6 is 0 Å². The Kier molecular flexibility index (Phi) is 4.35. The van der Waals surface area contributed by atoms with E-state index in [4.69, 9.17) is 9.84 Å². The zero-order valence-corrected chi connectivity index (χ0v) is 13.0. The van der Waals surface area contributed by atoms with Gasteiger partial charge in [0.15, 0.2) is 0 Å². The van der Waals surface area contributed by atoms with Crippen LogP contribution in [0.2, 0.25) is 0 Å². The topological polar surface area (TPSA) is 121 Å². The number of aromatic amines is 1. The number of hydrogen-bond acceptors (Lipinski definition) is 5. The summed E-state index contributed by atoms with van der Waals surface area (Å²) in [5.74, 6) is -1.11. The second kappa shape index (κ2) is 6.07. The van der Waals surface area contributed by atoms with Gasteiger partial charge in [-0.05, 0) is 39.0 Å². The van der Waals surface area contributed by atoms with Gasteiger partial charge in [-0.25, -0.2) is 14.7 Å². The number of benzene rings is 1. The molecule has 1 amide bonds. The number of alkyl carbamates (subject to hydrolysis) is 1. The number of hydrogen-bond donors (Lipinski definition) is 3. The van der Waals surface area contributed by atoms with Crippen molar-refractivity contribution in [2.75, 3.05) is 0 Å². The number of nitrogens with zero attached hydrogens (tertiary/aromatic N) is 1. The Hall–Kier alpha value is -2.90. The molecule has 0 bridgehead atoms. The van der Waals surface area contributed by atoms with Gasteiger partial charge in [-0.2, -0.15) is 5.10 Å². The molecule has 122 valence electrons. The molecule has 8 nitrogen and oxygen atoms in total. The number of ether oxygens (including phenoxy) is 1. The van der Waals surface area contributed by atoms with Crippen LogP contribution in [0.15, 0.2) is 23.0 Å². The summed E-state index contributed by atoms with van der Waals surface area (Å²) >= 11 is 0. The molecule has 0 aliphatic rings. The summed E-state index contributed by atoms with van der Waals surface area (Å²) in [6.45, 7) is 5.20. The highest BCUT2D eigenvalue weighted by Crippen LogP contribution is 2.16. The van der Waals surface area contributed by atoms with Crippen molar-refractivity contribution in [3.8, 4) is 0 Å². The van der Waals surface area contributed by atoms with Crippen LogP contribution in [0.3, 0.4) is 0 Å². The van der Waals surface area contributed by atoms with E-state index in [1.54, 1.807) is 20.8 Å². The first-order chi connectivity index (χ1) is 10.7. The molecule has 0 saturated carbocycles. The molecule has 1 aromatic carbocycles. The fraction of sp³-hybridized carbons (Fsp3) is 0.333. The molecule has 1 aromatic heterocycles. The van der Waals surface area contributed by atoms with E-state index < -0.39 is 23.2 Å². The van der Waals surface area contributed by atoms with Gasteiger partial charge in [-0.1, -0.05) is 0 Å². The van der Waals surface area contributed by atoms with Crippen LogP contribution in [0.4, 0.5) is 4.79 Å². The number of H-pyrrole nitrogens is 1. The summed E-state index contributed by atoms with van der Waals surface area (Å²) in [6.07, 6.45) is -0.631. The van der Waals surface area contributed by atoms with Crippen molar-refractivity contribution in [1.82, 2.24) is 15.5 Å². The number of aromatic nitrogens is 2. The van der Waals surface area contributed by atoms with Crippen LogP contribution in [-0.2, 0) is 11.3 Å². The second-order valence-electron chi connectivity index (χ2n) is 5.92. The predicted molar refractivity (Wildman–Crippen MR) is 82.4 cm³/mol. The first-order valence-electron chi connectivity index (χ1n) is 6.89. The Bertz CT molecular complexity index is 820. The van der Waals surface area contributed by atoms with Gasteiger partial charge < -0.3 is 15.2 Å². The third kappa shape index (κ3) is 4.06. The molecule has 8 heteroatoms. The lowest BCUT2D eigenvalue weighted by Gasteiger charge is -2.19. The Balaban J connectivity index is 2.31. The van der Waals surface area contributed by atoms with E-state index in [2.05, 4.69) is 15.5 Å². The molecule has 0 unspecified atom stereocenters. The van der Waals surface area contributed by atoms with Crippen molar-refractivity contribution in [2.45, 2.75) is 32.9 Å². The van der Waals surface area contributed by atoms with Crippen molar-refractivity contribution < 1.29 is 19.4 Å². The number of carboxylic acids is 1. The van der Waals surface area contributed by atoms with Gasteiger partial charge in [-0.15, -0.1) is 0 Å². The SMILES string of the molecule is CC(C)(C)OC(=O)NCc1n[nH]c(=O)c2ccc(C(=O)O)cc12. The van der Waals surface area contributed by atoms with Crippen molar-refractivity contribution in [3.05, 3.63) is 39.8 Å². The molecule has 0 atom stereocenters. The maximum atomic E-state index is 11.8. The predicted octanol–water partition coefficient (Wildman–Crippen LogP) is 1.65. The van der Waals surface area contributed by atoms with Crippen molar-refractivity contribution in [1.29, 1.82) is 0 Å². The van der Waals surface area contributed by atoms with Crippen molar-refractivity contribution >= 4 is 22.8 Å². The van der Waals surface area contributed by atoms with Crippen LogP contribution < -0.4 is 10.9 Å². The Morgan fingerprint density at radius 3 is 2.61 bits per heavy atom. The van der Waals surface area contributed by atoms with Gasteiger partial charge in [0, 0.05) is 5.39 Å². The molecule has 0 saturated heterocycles. The summed E-state index contributed by atoms with van der Waals surface area (Å²) in [5.41, 5.74) is -0.698. The molecule has 2 rings (SSSR count). The van der Waals surface area contributed by atoms with E-state index in [-0.39, 0.29) is 12.1 Å². The lowest BCUT2D eigenvalue weighted by Crippen LogP contribution is -2.32. The minimum atomic E-state index is -1.11. The van der Waals surface area contributed by atoms with Crippen LogP contribution in [0.5, 0.6) is 0 Å². The van der Waals surface area contributed by atoms with Gasteiger partial charge in [0.25, 0.3) is 5.56 Å². The molecule has 0 radical (unpaired) electrons. The Morgan fingerprint density at radius 1 is 1.30 bits per heavy atom. The van der Waals surface area contributed by atoms with E-state index in [1.165, 1.54) is 18.2 Å². The molecule has 0 fully saturated rings. The number of carbonyl (C=O) groups is 2. The number of aromatic carboxylic acids is 1. The number of fused-ring (bicyclic) bond motifs is 1. The summed E-state index contributed by atoms with van der Waals surface area (Å²) in [7, 11) is 0. The number of carboxylic acid groups (broad SMARTS) is 1. The minimum Gasteiger partial charge on any atom is -0.478 e. The molecule has 0 aliphatic heterocycles. The maximum absolute atomic E-state index is 11.8. The van der Waals surface area contributed by atoms with Gasteiger partial charge in [0.1, 0.15) is 5.60 Å². The van der Waals surface area contributed by atoms with Crippen LogP contribution in [0.1, 0.15) is 36.8 Å². The highest BCUT2D eigenvalue weighted by Gasteiger charge is 2.17. The van der Waals surface area contributed by atoms with Gasteiger partial charge in [0.2, 0.25) is 0 Å². The van der Waals surface area contributed by atoms with Gasteiger partial charge in [-0.3, -0.25) is 4.79 Å². The monoisotopic (exact) mass is 319 g/mol. The molecule has 0 spiro atoms. The standard InChI is InChI=1S/C15H17N3O5/c1-15(2,3)23-14(22)16-7-11-10-6-8(13(20)21)4-5-9(10)12(19)18-17-11/h4-6H,7H2,1-3H3,(H,16,22)(H,18,19)(H,20,21). The van der Waals surface area contributed by atoms with Crippen LogP contribution in [0, 0.1) is 0 Å². The molecule has 23 heavy (non-hydrogen) atoms. The Morgan fingerprint density at radius 2 is 2.00 bits per heavy atom. The number of rotatable bonds is 3. The molecule has 0 aliphatic carbocycles. The summed E-state index contributed by atoms with van der Waals surface area (Å²) in [4.78, 5) is 34.5. The summed E-state index contributed by atoms with van der Waals surface area (Å²) in [6, 6.07) is 4.10. The fourth-order valence-corrected chi connectivity index (χ4v) is 1.96. The second-order valence-corrected chi connectivity index (χ2v) is 5.92. The molecular weight excluding hydrogens is 302 g/mol. The van der Waals surface area contributed by atoms with Crippen LogP contribution in [-0.4, -0.2) is 33.0 Å². The molecule has 1 heterocycles. The first-order valence-corrected chi connectivity index (χ1v) is 6.89. The number of amides is 1. The van der Waals surface area contributed by atoms with E-state index >= 15 is 0 Å². The highest BCUT2D eigenvalue weighted by atomic mass is 16.6. The zero-order valence-electron chi connectivity index (χ0n) is 13.0. The van der Waals surface area contributed by atoms with E-state index in [0.29, 0.717) is 16.5 Å². The van der Waals surface area contributed by atoms with E-state index in [0.717, 1.165) is 0 Å². The smallest absolute Gasteiger partial charge is 0.407 e. The average Bonchev–Trinajstić information content (AvgIpc) is 2.44. The number of nitrogens with one attached hydrogen (secondary N) is 2. The molecule has 2 aromatic rings. The molecular formula is C15H17N3O5. The number of carbonyl (C=O) groups excluding carboxylic acids is 1. The van der Waals surface area contributed by atoms with Gasteiger partial charge in [0.05, 0.1) is 23.2 Å². The lowest BCUT2D eigenvalue weighted by atomic mass is 10.1. The van der Waals surface area contributed by atoms with E-state index in [9.17, 15) is 14.4 Å². The lowest BCUT2D eigenvalue weighted by molar-refractivity contribution is 0.0522. The largest absolute Gasteiger partial charge is 0.478 e. The maximum Gasteiger partial charge on any atom is 0.407 e. The summed E-state index contributed by atoms with van der Waals surface area (Å²) < 4.78 is 5.11. The van der Waals surface area contributed by atoms with Gasteiger partial charge >= 0.3 is 12.1 Å². The normalized spacial score (nSPS) is 11.3. The molecule has 3 N–H and O–H groups in total. The third-order valence-electron chi connectivity index (χ3n) is 2.91. The fourth-order valence-electron chi connectivity index (χ4n) is 1.96. The zero-order chi connectivity index (χ0) is 17.2. The van der Waals surface area contributed by atoms with Crippen molar-refractivity contribution in [2.24, 2.45) is 0 Å². The first kappa shape index (κ1) is 16.5.